The predicted octanol–water partition coefficient (Wildman–Crippen LogP) is 4.76. The number of hydrogen-bond donors (Lipinski definition) is 1. The zero-order valence-electron chi connectivity index (χ0n) is 15.2. The lowest BCUT2D eigenvalue weighted by Gasteiger charge is -2.23. The van der Waals surface area contributed by atoms with E-state index in [0.717, 1.165) is 25.3 Å². The molecule has 0 bridgehead atoms. The number of hydrogen-bond acceptors (Lipinski definition) is 4. The Labute approximate surface area is 158 Å². The molecule has 0 amide bonds. The zero-order valence-corrected chi connectivity index (χ0v) is 15.2. The molecule has 0 fully saturated rings. The van der Waals surface area contributed by atoms with Crippen molar-refractivity contribution in [1.82, 2.24) is 4.98 Å². The molecule has 0 saturated heterocycles. The van der Waals surface area contributed by atoms with E-state index in [1.165, 1.54) is 22.9 Å². The molecule has 0 spiro atoms. The Hall–Kier alpha value is -3.34. The summed E-state index contributed by atoms with van der Waals surface area (Å²) in [5.74, 6) is 0.997. The highest BCUT2D eigenvalue weighted by Gasteiger charge is 2.11. The molecule has 0 atom stereocenters. The van der Waals surface area contributed by atoms with Crippen LogP contribution in [0.15, 0.2) is 72.9 Å². The number of carboxylic acid groups (broad SMARTS) is 1. The second-order valence-electron chi connectivity index (χ2n) is 6.17. The van der Waals surface area contributed by atoms with Gasteiger partial charge in [0.15, 0.2) is 5.75 Å². The van der Waals surface area contributed by atoms with Gasteiger partial charge in [0.05, 0.1) is 6.20 Å². The maximum atomic E-state index is 10.6. The topological polar surface area (TPSA) is 62.7 Å². The van der Waals surface area contributed by atoms with Gasteiger partial charge < -0.3 is 14.7 Å². The van der Waals surface area contributed by atoms with Crippen LogP contribution in [0.2, 0.25) is 0 Å². The first-order valence-corrected chi connectivity index (χ1v) is 8.88. The molecule has 3 aromatic rings. The minimum absolute atomic E-state index is 0.215. The number of ether oxygens (including phenoxy) is 1. The molecular formula is C22H22N2O3. The second kappa shape index (κ2) is 8.85. The average Bonchev–Trinajstić information content (AvgIpc) is 2.68. The highest BCUT2D eigenvalue weighted by molar-refractivity contribution is 5.61. The van der Waals surface area contributed by atoms with Crippen LogP contribution < -0.4 is 9.64 Å². The molecule has 0 aliphatic carbocycles. The van der Waals surface area contributed by atoms with Crippen molar-refractivity contribution in [3.63, 3.8) is 0 Å². The van der Waals surface area contributed by atoms with E-state index in [-0.39, 0.29) is 5.75 Å². The number of nitrogens with zero attached hydrogens (tertiary/aromatic N) is 2. The third-order valence-corrected chi connectivity index (χ3v) is 4.35. The predicted molar refractivity (Wildman–Crippen MR) is 105 cm³/mol. The Bertz CT molecular complexity index is 880. The minimum atomic E-state index is -1.34. The largest absolute Gasteiger partial charge is 0.511 e. The molecule has 0 saturated carbocycles. The van der Waals surface area contributed by atoms with Crippen LogP contribution in [0.25, 0.3) is 0 Å². The molecule has 3 rings (SSSR count). The van der Waals surface area contributed by atoms with E-state index < -0.39 is 6.16 Å². The van der Waals surface area contributed by atoms with Crippen LogP contribution >= 0.6 is 0 Å². The highest BCUT2D eigenvalue weighted by Crippen LogP contribution is 2.21. The Balaban J connectivity index is 1.77. The number of anilines is 1. The zero-order chi connectivity index (χ0) is 19.1. The van der Waals surface area contributed by atoms with E-state index in [1.54, 1.807) is 12.1 Å². The molecule has 0 unspecified atom stereocenters. The summed E-state index contributed by atoms with van der Waals surface area (Å²) in [6.07, 6.45) is 0.974. The molecule has 1 aromatic heterocycles. The third kappa shape index (κ3) is 5.07. The smallest absolute Gasteiger partial charge is 0.449 e. The fourth-order valence-electron chi connectivity index (χ4n) is 2.98. The molecule has 0 aliphatic rings. The van der Waals surface area contributed by atoms with E-state index in [2.05, 4.69) is 70.1 Å². The van der Waals surface area contributed by atoms with Gasteiger partial charge in [-0.3, -0.25) is 0 Å². The maximum absolute atomic E-state index is 10.6. The molecule has 138 valence electrons. The van der Waals surface area contributed by atoms with Crippen molar-refractivity contribution < 1.29 is 14.6 Å². The quantitative estimate of drug-likeness (QED) is 0.614. The minimum Gasteiger partial charge on any atom is -0.449 e. The lowest BCUT2D eigenvalue weighted by molar-refractivity contribution is 0.144. The van der Waals surface area contributed by atoms with Crippen molar-refractivity contribution in [3.8, 4) is 5.75 Å². The lowest BCUT2D eigenvalue weighted by atomic mass is 9.99. The first kappa shape index (κ1) is 18.5. The van der Waals surface area contributed by atoms with Gasteiger partial charge in [0.25, 0.3) is 0 Å². The SMILES string of the molecule is CCN(Cc1ccccc1Cc1ccccc1)c1ccc(OC(=O)O)cn1. The molecule has 1 heterocycles. The summed E-state index contributed by atoms with van der Waals surface area (Å²) in [6.45, 7) is 3.58. The Morgan fingerprint density at radius 2 is 1.70 bits per heavy atom. The molecule has 0 radical (unpaired) electrons. The summed E-state index contributed by atoms with van der Waals surface area (Å²) in [5.41, 5.74) is 3.81. The summed E-state index contributed by atoms with van der Waals surface area (Å²) in [4.78, 5) is 17.1. The molecule has 0 aliphatic heterocycles. The van der Waals surface area contributed by atoms with Crippen LogP contribution in [0.5, 0.6) is 5.75 Å². The van der Waals surface area contributed by atoms with E-state index in [9.17, 15) is 4.79 Å². The van der Waals surface area contributed by atoms with Gasteiger partial charge in [-0.05, 0) is 42.2 Å². The number of benzene rings is 2. The monoisotopic (exact) mass is 362 g/mol. The summed E-state index contributed by atoms with van der Waals surface area (Å²) in [6, 6.07) is 22.2. The Kier molecular flexibility index (Phi) is 6.05. The Morgan fingerprint density at radius 1 is 1.00 bits per heavy atom. The second-order valence-corrected chi connectivity index (χ2v) is 6.17. The molecule has 1 N–H and O–H groups in total. The normalized spacial score (nSPS) is 10.4. The van der Waals surface area contributed by atoms with Gasteiger partial charge in [-0.25, -0.2) is 9.78 Å². The van der Waals surface area contributed by atoms with Gasteiger partial charge >= 0.3 is 6.16 Å². The van der Waals surface area contributed by atoms with Crippen LogP contribution in [-0.2, 0) is 13.0 Å². The van der Waals surface area contributed by atoms with Crippen molar-refractivity contribution >= 4 is 12.0 Å². The summed E-state index contributed by atoms with van der Waals surface area (Å²) >= 11 is 0. The van der Waals surface area contributed by atoms with E-state index in [0.29, 0.717) is 0 Å². The first-order valence-electron chi connectivity index (χ1n) is 8.88. The van der Waals surface area contributed by atoms with Gasteiger partial charge in [0, 0.05) is 13.1 Å². The van der Waals surface area contributed by atoms with Gasteiger partial charge in [-0.2, -0.15) is 0 Å². The summed E-state index contributed by atoms with van der Waals surface area (Å²) in [7, 11) is 0. The van der Waals surface area contributed by atoms with Crippen molar-refractivity contribution in [3.05, 3.63) is 89.6 Å². The van der Waals surface area contributed by atoms with Crippen LogP contribution in [-0.4, -0.2) is 22.8 Å². The van der Waals surface area contributed by atoms with Gasteiger partial charge in [0.1, 0.15) is 5.82 Å². The van der Waals surface area contributed by atoms with Crippen molar-refractivity contribution in [2.75, 3.05) is 11.4 Å². The van der Waals surface area contributed by atoms with Crippen LogP contribution in [0.4, 0.5) is 10.6 Å². The maximum Gasteiger partial charge on any atom is 0.511 e. The molecule has 2 aromatic carbocycles. The molecule has 5 heteroatoms. The third-order valence-electron chi connectivity index (χ3n) is 4.35. The number of pyridine rings is 1. The van der Waals surface area contributed by atoms with Crippen LogP contribution in [0, 0.1) is 0 Å². The summed E-state index contributed by atoms with van der Waals surface area (Å²) < 4.78 is 4.62. The van der Waals surface area contributed by atoms with Crippen molar-refractivity contribution in [2.45, 2.75) is 19.9 Å². The molecular weight excluding hydrogens is 340 g/mol. The standard InChI is InChI=1S/C22H22N2O3/c1-2-24(21-13-12-20(15-23-21)27-22(25)26)16-19-11-7-6-10-18(19)14-17-8-4-3-5-9-17/h3-13,15H,2,14,16H2,1H3,(H,25,26). The molecule has 27 heavy (non-hydrogen) atoms. The van der Waals surface area contributed by atoms with Crippen molar-refractivity contribution in [1.29, 1.82) is 0 Å². The van der Waals surface area contributed by atoms with Crippen molar-refractivity contribution in [2.24, 2.45) is 0 Å². The average molecular weight is 362 g/mol. The van der Waals surface area contributed by atoms with E-state index in [1.807, 2.05) is 6.07 Å². The lowest BCUT2D eigenvalue weighted by Crippen LogP contribution is -2.23. The van der Waals surface area contributed by atoms with Gasteiger partial charge in [0.2, 0.25) is 0 Å². The Morgan fingerprint density at radius 3 is 2.33 bits per heavy atom. The number of aromatic nitrogens is 1. The fraction of sp³-hybridized carbons (Fsp3) is 0.182. The van der Waals surface area contributed by atoms with Gasteiger partial charge in [-0.15, -0.1) is 0 Å². The molecule has 5 nitrogen and oxygen atoms in total. The summed E-state index contributed by atoms with van der Waals surface area (Å²) in [5, 5.41) is 8.68. The van der Waals surface area contributed by atoms with E-state index >= 15 is 0 Å². The number of rotatable bonds is 7. The fourth-order valence-corrected chi connectivity index (χ4v) is 2.98. The number of carbonyl (C=O) groups is 1. The van der Waals surface area contributed by atoms with Crippen LogP contribution in [0.3, 0.4) is 0 Å². The van der Waals surface area contributed by atoms with Gasteiger partial charge in [-0.1, -0.05) is 54.6 Å². The first-order chi connectivity index (χ1) is 13.2. The van der Waals surface area contributed by atoms with Crippen LogP contribution in [0.1, 0.15) is 23.6 Å². The highest BCUT2D eigenvalue weighted by atomic mass is 16.7. The van der Waals surface area contributed by atoms with E-state index in [4.69, 9.17) is 5.11 Å².